The van der Waals surface area contributed by atoms with Gasteiger partial charge in [0, 0.05) is 51.1 Å². The summed E-state index contributed by atoms with van der Waals surface area (Å²) in [6.07, 6.45) is 1.52. The molecule has 0 bridgehead atoms. The summed E-state index contributed by atoms with van der Waals surface area (Å²) in [5.41, 5.74) is -1.20. The van der Waals surface area contributed by atoms with Crippen molar-refractivity contribution >= 4 is 11.8 Å². The van der Waals surface area contributed by atoms with Crippen molar-refractivity contribution in [1.29, 1.82) is 0 Å². The first-order chi connectivity index (χ1) is 16.4. The first-order valence-electron chi connectivity index (χ1n) is 11.7. The Morgan fingerprint density at radius 1 is 0.912 bits per heavy atom. The zero-order chi connectivity index (χ0) is 24.1. The highest BCUT2D eigenvalue weighted by molar-refractivity contribution is 5.95. The molecule has 0 spiro atoms. The van der Waals surface area contributed by atoms with Crippen LogP contribution in [0.4, 0.5) is 8.78 Å². The molecule has 2 fully saturated rings. The number of piperidine rings is 1. The summed E-state index contributed by atoms with van der Waals surface area (Å²) in [5, 5.41) is 0. The van der Waals surface area contributed by atoms with E-state index in [0.29, 0.717) is 38.2 Å². The molecule has 2 aliphatic heterocycles. The van der Waals surface area contributed by atoms with Crippen LogP contribution in [0.5, 0.6) is 5.75 Å². The van der Waals surface area contributed by atoms with Gasteiger partial charge in [0.2, 0.25) is 5.91 Å². The molecule has 182 valence electrons. The maximum atomic E-state index is 14.3. The van der Waals surface area contributed by atoms with E-state index in [1.807, 2.05) is 42.3 Å². The van der Waals surface area contributed by atoms with Crippen LogP contribution < -0.4 is 4.74 Å². The van der Waals surface area contributed by atoms with Crippen molar-refractivity contribution < 1.29 is 23.1 Å². The van der Waals surface area contributed by atoms with Crippen LogP contribution in [0.2, 0.25) is 0 Å². The molecular weight excluding hydrogens is 440 g/mol. The first kappa shape index (κ1) is 24.1. The number of hydrogen-bond acceptors (Lipinski definition) is 4. The van der Waals surface area contributed by atoms with Crippen molar-refractivity contribution in [3.63, 3.8) is 0 Å². The van der Waals surface area contributed by atoms with Gasteiger partial charge in [0.05, 0.1) is 6.61 Å². The second-order valence-electron chi connectivity index (χ2n) is 9.39. The smallest absolute Gasteiger partial charge is 0.259 e. The van der Waals surface area contributed by atoms with Crippen LogP contribution in [0.3, 0.4) is 0 Å². The number of ether oxygens (including phenoxy) is 1. The number of benzene rings is 2. The Labute approximate surface area is 199 Å². The first-order valence-corrected chi connectivity index (χ1v) is 11.7. The Kier molecular flexibility index (Phi) is 7.46. The summed E-state index contributed by atoms with van der Waals surface area (Å²) < 4.78 is 34.7. The maximum absolute atomic E-state index is 14.3. The Hall–Kier alpha value is -3.00. The monoisotopic (exact) mass is 471 g/mol. The fourth-order valence-corrected chi connectivity index (χ4v) is 4.80. The van der Waals surface area contributed by atoms with Crippen LogP contribution in [-0.4, -0.2) is 79.4 Å². The Bertz CT molecular complexity index is 991. The molecule has 0 saturated carbocycles. The molecule has 2 heterocycles. The van der Waals surface area contributed by atoms with E-state index in [4.69, 9.17) is 4.74 Å². The van der Waals surface area contributed by atoms with Crippen LogP contribution in [-0.2, 0) is 4.79 Å². The number of likely N-dealkylation sites (tertiary alicyclic amines) is 1. The largest absolute Gasteiger partial charge is 0.493 e. The van der Waals surface area contributed by atoms with E-state index < -0.39 is 28.5 Å². The van der Waals surface area contributed by atoms with Crippen LogP contribution in [0.1, 0.15) is 29.6 Å². The topological polar surface area (TPSA) is 53.1 Å². The van der Waals surface area contributed by atoms with Crippen molar-refractivity contribution in [3.8, 4) is 5.75 Å². The molecule has 0 aromatic heterocycles. The number of halogens is 2. The molecule has 1 atom stereocenters. The molecular formula is C26H31F2N3O3. The summed E-state index contributed by atoms with van der Waals surface area (Å²) in [5.74, 6) is -1.74. The quantitative estimate of drug-likeness (QED) is 0.648. The number of hydrogen-bond donors (Lipinski definition) is 0. The number of rotatable bonds is 6. The Balaban J connectivity index is 1.55. The number of para-hydroxylation sites is 1. The number of carbonyl (C=O) groups is 2. The number of piperazine rings is 1. The highest BCUT2D eigenvalue weighted by Crippen LogP contribution is 2.36. The van der Waals surface area contributed by atoms with Gasteiger partial charge < -0.3 is 19.4 Å². The van der Waals surface area contributed by atoms with E-state index in [1.165, 1.54) is 11.0 Å². The molecule has 8 heteroatoms. The molecule has 0 unspecified atom stereocenters. The van der Waals surface area contributed by atoms with Crippen LogP contribution in [0, 0.1) is 17.0 Å². The zero-order valence-corrected chi connectivity index (χ0v) is 19.5. The minimum atomic E-state index is -0.879. The van der Waals surface area contributed by atoms with Gasteiger partial charge >= 0.3 is 0 Å². The van der Waals surface area contributed by atoms with Crippen molar-refractivity contribution in [2.45, 2.75) is 19.3 Å². The highest BCUT2D eigenvalue weighted by Gasteiger charge is 2.42. The molecule has 2 aromatic rings. The Morgan fingerprint density at radius 2 is 1.59 bits per heavy atom. The van der Waals surface area contributed by atoms with E-state index in [-0.39, 0.29) is 25.5 Å². The maximum Gasteiger partial charge on any atom is 0.259 e. The van der Waals surface area contributed by atoms with Gasteiger partial charge in [-0.05, 0) is 44.2 Å². The van der Waals surface area contributed by atoms with Gasteiger partial charge in [0.25, 0.3) is 5.91 Å². The lowest BCUT2D eigenvalue weighted by Crippen LogP contribution is -2.53. The molecule has 6 nitrogen and oxygen atoms in total. The van der Waals surface area contributed by atoms with Gasteiger partial charge in [-0.25, -0.2) is 8.78 Å². The van der Waals surface area contributed by atoms with Crippen molar-refractivity contribution in [2.24, 2.45) is 5.41 Å². The van der Waals surface area contributed by atoms with E-state index in [1.54, 1.807) is 0 Å². The molecule has 2 saturated heterocycles. The van der Waals surface area contributed by atoms with E-state index in [0.717, 1.165) is 25.2 Å². The van der Waals surface area contributed by atoms with E-state index in [9.17, 15) is 18.4 Å². The van der Waals surface area contributed by atoms with Gasteiger partial charge in [-0.15, -0.1) is 0 Å². The molecule has 34 heavy (non-hydrogen) atoms. The molecule has 0 radical (unpaired) electrons. The standard InChI is InChI=1S/C26H31F2N3O3/c1-29-13-15-30(16-14-29)23(32)17-26(19-34-20-7-3-2-4-8-20)11-6-12-31(18-26)25(33)24-21(27)9-5-10-22(24)28/h2-5,7-10H,6,11-19H2,1H3/t26-/m0/s1. The van der Waals surface area contributed by atoms with Crippen molar-refractivity contribution in [3.05, 3.63) is 65.7 Å². The number of amides is 2. The molecule has 2 amide bonds. The predicted octanol–water partition coefficient (Wildman–Crippen LogP) is 3.43. The second-order valence-corrected chi connectivity index (χ2v) is 9.39. The number of carbonyl (C=O) groups excluding carboxylic acids is 2. The zero-order valence-electron chi connectivity index (χ0n) is 19.5. The molecule has 2 aromatic carbocycles. The van der Waals surface area contributed by atoms with Crippen molar-refractivity contribution in [1.82, 2.24) is 14.7 Å². The normalized spacial score (nSPS) is 21.4. The van der Waals surface area contributed by atoms with Gasteiger partial charge in [-0.2, -0.15) is 0 Å². The van der Waals surface area contributed by atoms with E-state index in [2.05, 4.69) is 4.90 Å². The SMILES string of the molecule is CN1CCN(C(=O)C[C@@]2(COc3ccccc3)CCCN(C(=O)c3c(F)cccc3F)C2)CC1. The van der Waals surface area contributed by atoms with Crippen LogP contribution in [0.25, 0.3) is 0 Å². The summed E-state index contributed by atoms with van der Waals surface area (Å²) in [4.78, 5) is 31.9. The van der Waals surface area contributed by atoms with Crippen LogP contribution >= 0.6 is 0 Å². The average molecular weight is 472 g/mol. The molecule has 0 aliphatic carbocycles. The molecule has 2 aliphatic rings. The molecule has 0 N–H and O–H groups in total. The lowest BCUT2D eigenvalue weighted by atomic mass is 9.77. The molecule has 4 rings (SSSR count). The number of nitrogens with zero attached hydrogens (tertiary/aromatic N) is 3. The second kappa shape index (κ2) is 10.5. The lowest BCUT2D eigenvalue weighted by Gasteiger charge is -2.43. The van der Waals surface area contributed by atoms with Gasteiger partial charge in [0.15, 0.2) is 0 Å². The third kappa shape index (κ3) is 5.55. The summed E-state index contributed by atoms with van der Waals surface area (Å²) in [6.45, 7) is 3.77. The minimum absolute atomic E-state index is 0.0242. The summed E-state index contributed by atoms with van der Waals surface area (Å²) >= 11 is 0. The summed E-state index contributed by atoms with van der Waals surface area (Å²) in [6, 6.07) is 12.7. The lowest BCUT2D eigenvalue weighted by molar-refractivity contribution is -0.137. The average Bonchev–Trinajstić information content (AvgIpc) is 2.84. The van der Waals surface area contributed by atoms with Gasteiger partial charge in [-0.1, -0.05) is 24.3 Å². The Morgan fingerprint density at radius 3 is 2.26 bits per heavy atom. The predicted molar refractivity (Wildman–Crippen MR) is 125 cm³/mol. The van der Waals surface area contributed by atoms with E-state index >= 15 is 0 Å². The van der Waals surface area contributed by atoms with Gasteiger partial charge in [0.1, 0.15) is 22.9 Å². The van der Waals surface area contributed by atoms with Gasteiger partial charge in [-0.3, -0.25) is 9.59 Å². The highest BCUT2D eigenvalue weighted by atomic mass is 19.1. The fraction of sp³-hybridized carbons (Fsp3) is 0.462. The summed E-state index contributed by atoms with van der Waals surface area (Å²) in [7, 11) is 2.03. The minimum Gasteiger partial charge on any atom is -0.493 e. The third-order valence-corrected chi connectivity index (χ3v) is 6.80. The third-order valence-electron chi connectivity index (χ3n) is 6.80. The fourth-order valence-electron chi connectivity index (χ4n) is 4.80. The van der Waals surface area contributed by atoms with Crippen LogP contribution in [0.15, 0.2) is 48.5 Å². The van der Waals surface area contributed by atoms with Crippen molar-refractivity contribution in [2.75, 3.05) is 52.9 Å². The number of likely N-dealkylation sites (N-methyl/N-ethyl adjacent to an activating group) is 1.